The van der Waals surface area contributed by atoms with Gasteiger partial charge >= 0.3 is 0 Å². The van der Waals surface area contributed by atoms with Crippen molar-refractivity contribution in [1.29, 1.82) is 0 Å². The van der Waals surface area contributed by atoms with E-state index in [1.54, 1.807) is 16.2 Å². The van der Waals surface area contributed by atoms with Gasteiger partial charge in [0.05, 0.1) is 16.8 Å². The molecule has 1 aliphatic carbocycles. The van der Waals surface area contributed by atoms with Crippen LogP contribution in [0.25, 0.3) is 10.2 Å². The molecule has 0 saturated heterocycles. The van der Waals surface area contributed by atoms with Gasteiger partial charge in [-0.1, -0.05) is 49.1 Å². The summed E-state index contributed by atoms with van der Waals surface area (Å²) < 4.78 is 3.14. The van der Waals surface area contributed by atoms with Gasteiger partial charge < -0.3 is 14.8 Å². The number of carbonyl (C=O) groups is 2. The molecule has 0 bridgehead atoms. The van der Waals surface area contributed by atoms with Crippen LogP contribution in [0.2, 0.25) is 0 Å². The molecule has 1 aliphatic heterocycles. The number of nitrogens with zero attached hydrogens (tertiary/aromatic N) is 2. The smallest absolute Gasteiger partial charge is 0.271 e. The highest BCUT2D eigenvalue weighted by molar-refractivity contribution is 7.17. The van der Waals surface area contributed by atoms with Crippen molar-refractivity contribution >= 4 is 33.4 Å². The summed E-state index contributed by atoms with van der Waals surface area (Å²) >= 11 is 1.63. The third-order valence-corrected chi connectivity index (χ3v) is 7.79. The van der Waals surface area contributed by atoms with E-state index in [-0.39, 0.29) is 17.9 Å². The van der Waals surface area contributed by atoms with Crippen molar-refractivity contribution in [3.63, 3.8) is 0 Å². The summed E-state index contributed by atoms with van der Waals surface area (Å²) in [6, 6.07) is 12.4. The SMILES string of the molecule is Cc1ccc(CN2C(=O)c3cc4sccc4n3C[C@]2(C)C(=O)NC2CCCCC2)cc1. The second-order valence-electron chi connectivity index (χ2n) is 9.24. The summed E-state index contributed by atoms with van der Waals surface area (Å²) in [6.45, 7) is 4.88. The number of nitrogens with one attached hydrogen (secondary N) is 1. The number of carbonyl (C=O) groups excluding carboxylic acids is 2. The lowest BCUT2D eigenvalue weighted by Crippen LogP contribution is -2.64. The Bertz CT molecular complexity index is 1120. The second-order valence-corrected chi connectivity index (χ2v) is 10.2. The first-order valence-corrected chi connectivity index (χ1v) is 12.1. The lowest BCUT2D eigenvalue weighted by atomic mass is 9.91. The molecule has 5 rings (SSSR count). The van der Waals surface area contributed by atoms with E-state index in [2.05, 4.69) is 24.4 Å². The topological polar surface area (TPSA) is 54.3 Å². The highest BCUT2D eigenvalue weighted by Crippen LogP contribution is 2.35. The van der Waals surface area contributed by atoms with Gasteiger partial charge in [0, 0.05) is 12.6 Å². The van der Waals surface area contributed by atoms with Crippen LogP contribution in [-0.2, 0) is 17.9 Å². The van der Waals surface area contributed by atoms with Crippen LogP contribution >= 0.6 is 11.3 Å². The molecule has 1 saturated carbocycles. The summed E-state index contributed by atoms with van der Waals surface area (Å²) in [5.41, 5.74) is 3.00. The van der Waals surface area contributed by atoms with Crippen molar-refractivity contribution in [3.8, 4) is 0 Å². The lowest BCUT2D eigenvalue weighted by molar-refractivity contribution is -0.134. The maximum Gasteiger partial charge on any atom is 0.271 e. The Morgan fingerprint density at radius 1 is 1.16 bits per heavy atom. The predicted octanol–water partition coefficient (Wildman–Crippen LogP) is 4.87. The molecule has 1 atom stereocenters. The monoisotopic (exact) mass is 435 g/mol. The quantitative estimate of drug-likeness (QED) is 0.635. The highest BCUT2D eigenvalue weighted by atomic mass is 32.1. The van der Waals surface area contributed by atoms with E-state index in [0.717, 1.165) is 41.5 Å². The average Bonchev–Trinajstić information content (AvgIpc) is 3.36. The van der Waals surface area contributed by atoms with E-state index in [0.29, 0.717) is 18.8 Å². The number of hydrogen-bond donors (Lipinski definition) is 1. The predicted molar refractivity (Wildman–Crippen MR) is 124 cm³/mol. The van der Waals surface area contributed by atoms with Gasteiger partial charge in [0.15, 0.2) is 0 Å². The van der Waals surface area contributed by atoms with Crippen LogP contribution < -0.4 is 5.32 Å². The van der Waals surface area contributed by atoms with Gasteiger partial charge in [-0.25, -0.2) is 0 Å². The normalized spacial score (nSPS) is 22.0. The summed E-state index contributed by atoms with van der Waals surface area (Å²) in [7, 11) is 0. The molecule has 1 fully saturated rings. The number of aryl methyl sites for hydroxylation is 1. The molecule has 162 valence electrons. The molecule has 5 nitrogen and oxygen atoms in total. The molecule has 3 heterocycles. The van der Waals surface area contributed by atoms with Crippen LogP contribution in [0, 0.1) is 6.92 Å². The van der Waals surface area contributed by atoms with Crippen molar-refractivity contribution in [3.05, 3.63) is 58.6 Å². The first-order valence-electron chi connectivity index (χ1n) is 11.2. The Morgan fingerprint density at radius 2 is 1.90 bits per heavy atom. The molecular formula is C25H29N3O2S. The van der Waals surface area contributed by atoms with Crippen molar-refractivity contribution < 1.29 is 9.59 Å². The minimum absolute atomic E-state index is 0.0393. The van der Waals surface area contributed by atoms with E-state index in [4.69, 9.17) is 0 Å². The van der Waals surface area contributed by atoms with Gasteiger partial charge in [0.2, 0.25) is 5.91 Å². The van der Waals surface area contributed by atoms with Crippen LogP contribution in [0.4, 0.5) is 0 Å². The van der Waals surface area contributed by atoms with E-state index < -0.39 is 5.54 Å². The first kappa shape index (κ1) is 20.3. The Balaban J connectivity index is 1.52. The largest absolute Gasteiger partial charge is 0.351 e. The molecule has 2 aliphatic rings. The maximum absolute atomic E-state index is 13.7. The van der Waals surface area contributed by atoms with Gasteiger partial charge in [-0.05, 0) is 49.8 Å². The van der Waals surface area contributed by atoms with Crippen molar-refractivity contribution in [2.24, 2.45) is 0 Å². The van der Waals surface area contributed by atoms with Gasteiger partial charge in [0.1, 0.15) is 11.2 Å². The third-order valence-electron chi connectivity index (χ3n) is 6.94. The minimum atomic E-state index is -0.944. The summed E-state index contributed by atoms with van der Waals surface area (Å²) in [5, 5.41) is 5.34. The molecule has 6 heteroatoms. The Kier molecular flexibility index (Phi) is 5.13. The summed E-state index contributed by atoms with van der Waals surface area (Å²) in [4.78, 5) is 29.2. The second kappa shape index (κ2) is 7.83. The number of aromatic nitrogens is 1. The van der Waals surface area contributed by atoms with Gasteiger partial charge in [0.25, 0.3) is 5.91 Å². The Morgan fingerprint density at radius 3 is 2.65 bits per heavy atom. The lowest BCUT2D eigenvalue weighted by Gasteiger charge is -2.45. The molecule has 2 aromatic heterocycles. The van der Waals surface area contributed by atoms with Gasteiger partial charge in [-0.3, -0.25) is 9.59 Å². The third kappa shape index (κ3) is 3.57. The van der Waals surface area contributed by atoms with Gasteiger partial charge in [-0.2, -0.15) is 0 Å². The zero-order valence-corrected chi connectivity index (χ0v) is 19.0. The zero-order chi connectivity index (χ0) is 21.6. The zero-order valence-electron chi connectivity index (χ0n) is 18.2. The number of rotatable bonds is 4. The molecule has 0 radical (unpaired) electrons. The molecule has 3 aromatic rings. The first-order chi connectivity index (χ1) is 15.0. The van der Waals surface area contributed by atoms with Crippen LogP contribution in [-0.4, -0.2) is 32.9 Å². The number of hydrogen-bond acceptors (Lipinski definition) is 3. The Labute approximate surface area is 187 Å². The molecule has 0 spiro atoms. The number of amides is 2. The highest BCUT2D eigenvalue weighted by Gasteiger charge is 2.48. The molecular weight excluding hydrogens is 406 g/mol. The summed E-state index contributed by atoms with van der Waals surface area (Å²) in [5.74, 6) is -0.112. The van der Waals surface area contributed by atoms with E-state index in [1.165, 1.54) is 12.0 Å². The van der Waals surface area contributed by atoms with Crippen LogP contribution in [0.15, 0.2) is 41.8 Å². The average molecular weight is 436 g/mol. The molecule has 0 unspecified atom stereocenters. The maximum atomic E-state index is 13.7. The van der Waals surface area contributed by atoms with E-state index >= 15 is 0 Å². The number of benzene rings is 1. The Hall–Kier alpha value is -2.60. The summed E-state index contributed by atoms with van der Waals surface area (Å²) in [6.07, 6.45) is 5.61. The van der Waals surface area contributed by atoms with Crippen LogP contribution in [0.3, 0.4) is 0 Å². The van der Waals surface area contributed by atoms with Crippen molar-refractivity contribution in [2.45, 2.75) is 70.6 Å². The molecule has 2 amide bonds. The number of thiophene rings is 1. The van der Waals surface area contributed by atoms with E-state index in [1.807, 2.05) is 41.1 Å². The molecule has 1 aromatic carbocycles. The fraction of sp³-hybridized carbons (Fsp3) is 0.440. The van der Waals surface area contributed by atoms with Gasteiger partial charge in [-0.15, -0.1) is 11.3 Å². The van der Waals surface area contributed by atoms with Crippen molar-refractivity contribution in [1.82, 2.24) is 14.8 Å². The van der Waals surface area contributed by atoms with Crippen molar-refractivity contribution in [2.75, 3.05) is 0 Å². The molecule has 1 N–H and O–H groups in total. The fourth-order valence-electron chi connectivity index (χ4n) is 4.98. The van der Waals surface area contributed by atoms with E-state index in [9.17, 15) is 9.59 Å². The van der Waals surface area contributed by atoms with Crippen LogP contribution in [0.1, 0.15) is 60.6 Å². The van der Waals surface area contributed by atoms with Crippen LogP contribution in [0.5, 0.6) is 0 Å². The minimum Gasteiger partial charge on any atom is -0.351 e. The fourth-order valence-corrected chi connectivity index (χ4v) is 5.81. The standard InChI is InChI=1S/C25H29N3O2S/c1-17-8-10-18(11-9-17)15-28-23(29)21-14-22-20(12-13-31-22)27(21)16-25(28,2)24(30)26-19-6-4-3-5-7-19/h8-14,19H,3-7,15-16H2,1-2H3,(H,26,30)/t25-/m1/s1. The molecule has 31 heavy (non-hydrogen) atoms. The number of fused-ring (bicyclic) bond motifs is 3.